The van der Waals surface area contributed by atoms with Gasteiger partial charge in [-0.3, -0.25) is 14.5 Å². The van der Waals surface area contributed by atoms with Crippen molar-refractivity contribution in [1.82, 2.24) is 15.5 Å². The van der Waals surface area contributed by atoms with Crippen molar-refractivity contribution in [2.45, 2.75) is 62.7 Å². The van der Waals surface area contributed by atoms with E-state index in [4.69, 9.17) is 0 Å². The Morgan fingerprint density at radius 3 is 2.41 bits per heavy atom. The van der Waals surface area contributed by atoms with E-state index < -0.39 is 11.7 Å². The minimum absolute atomic E-state index is 0.00883. The fourth-order valence-corrected chi connectivity index (χ4v) is 5.63. The fourth-order valence-electron chi connectivity index (χ4n) is 4.56. The molecule has 0 saturated heterocycles. The third-order valence-corrected chi connectivity index (χ3v) is 7.65. The Morgan fingerprint density at radius 1 is 1.09 bits per heavy atom. The SMILES string of the molecule is CN(C)C1(c2cccs2)CCC(NC(=O)CCC(=O)NCCc2cccc(C(F)(F)F)c2)CC1. The van der Waals surface area contributed by atoms with Gasteiger partial charge in [0.25, 0.3) is 0 Å². The lowest BCUT2D eigenvalue weighted by molar-refractivity contribution is -0.137. The monoisotopic (exact) mass is 495 g/mol. The molecule has 1 fully saturated rings. The van der Waals surface area contributed by atoms with E-state index >= 15 is 0 Å². The van der Waals surface area contributed by atoms with Crippen LogP contribution >= 0.6 is 11.3 Å². The van der Waals surface area contributed by atoms with Gasteiger partial charge in [-0.05, 0) is 69.3 Å². The van der Waals surface area contributed by atoms with E-state index in [0.717, 1.165) is 37.8 Å². The van der Waals surface area contributed by atoms with E-state index in [1.807, 2.05) is 0 Å². The molecular weight excluding hydrogens is 463 g/mol. The van der Waals surface area contributed by atoms with Crippen LogP contribution in [0.25, 0.3) is 0 Å². The smallest absolute Gasteiger partial charge is 0.356 e. The number of halogens is 3. The largest absolute Gasteiger partial charge is 0.416 e. The predicted molar refractivity (Wildman–Crippen MR) is 127 cm³/mol. The highest BCUT2D eigenvalue weighted by Gasteiger charge is 2.39. The molecule has 0 bridgehead atoms. The van der Waals surface area contributed by atoms with E-state index in [1.165, 1.54) is 10.9 Å². The number of alkyl halides is 3. The van der Waals surface area contributed by atoms with Crippen molar-refractivity contribution in [2.75, 3.05) is 20.6 Å². The van der Waals surface area contributed by atoms with E-state index in [9.17, 15) is 22.8 Å². The standard InChI is InChI=1S/C25H32F3N3O2S/c1-31(2)24(21-7-4-16-34-21)13-10-20(11-14-24)30-23(33)9-8-22(32)29-15-12-18-5-3-6-19(17-18)25(26,27)28/h3-7,16-17,20H,8-15H2,1-2H3,(H,29,32)(H,30,33). The van der Waals surface area contributed by atoms with Gasteiger partial charge in [-0.15, -0.1) is 11.3 Å². The van der Waals surface area contributed by atoms with Crippen LogP contribution in [0.3, 0.4) is 0 Å². The first kappa shape index (κ1) is 26.2. The summed E-state index contributed by atoms with van der Waals surface area (Å²) in [6.07, 6.45) is -0.267. The molecule has 186 valence electrons. The first-order valence-electron chi connectivity index (χ1n) is 11.5. The summed E-state index contributed by atoms with van der Waals surface area (Å²) >= 11 is 1.77. The molecule has 2 amide bonds. The average molecular weight is 496 g/mol. The maximum absolute atomic E-state index is 12.8. The first-order chi connectivity index (χ1) is 16.1. The Balaban J connectivity index is 1.36. The molecule has 2 aromatic rings. The second-order valence-corrected chi connectivity index (χ2v) is 9.99. The van der Waals surface area contributed by atoms with Crippen LogP contribution in [0, 0.1) is 0 Å². The van der Waals surface area contributed by atoms with Gasteiger partial charge in [0.15, 0.2) is 0 Å². The fraction of sp³-hybridized carbons (Fsp3) is 0.520. The Bertz CT molecular complexity index is 953. The van der Waals surface area contributed by atoms with Crippen molar-refractivity contribution >= 4 is 23.2 Å². The van der Waals surface area contributed by atoms with Crippen LogP contribution in [0.5, 0.6) is 0 Å². The van der Waals surface area contributed by atoms with Crippen LogP contribution in [-0.2, 0) is 27.7 Å². The van der Waals surface area contributed by atoms with Crippen molar-refractivity contribution in [3.63, 3.8) is 0 Å². The summed E-state index contributed by atoms with van der Waals surface area (Å²) in [5.41, 5.74) is -0.190. The van der Waals surface area contributed by atoms with Gasteiger partial charge in [0, 0.05) is 30.3 Å². The van der Waals surface area contributed by atoms with Crippen LogP contribution in [0.2, 0.25) is 0 Å². The number of benzene rings is 1. The normalized spacial score (nSPS) is 20.8. The third-order valence-electron chi connectivity index (χ3n) is 6.58. The number of hydrogen-bond acceptors (Lipinski definition) is 4. The summed E-state index contributed by atoms with van der Waals surface area (Å²) in [4.78, 5) is 28.1. The molecule has 9 heteroatoms. The van der Waals surface area contributed by atoms with Crippen LogP contribution in [-0.4, -0.2) is 43.4 Å². The summed E-state index contributed by atoms with van der Waals surface area (Å²) in [5.74, 6) is -0.429. The summed E-state index contributed by atoms with van der Waals surface area (Å²) in [7, 11) is 4.20. The summed E-state index contributed by atoms with van der Waals surface area (Å²) < 4.78 is 38.4. The molecule has 34 heavy (non-hydrogen) atoms. The molecule has 3 rings (SSSR count). The highest BCUT2D eigenvalue weighted by Crippen LogP contribution is 2.43. The van der Waals surface area contributed by atoms with Gasteiger partial charge in [0.1, 0.15) is 0 Å². The van der Waals surface area contributed by atoms with E-state index in [-0.39, 0.29) is 42.8 Å². The number of rotatable bonds is 9. The zero-order valence-corrected chi connectivity index (χ0v) is 20.4. The topological polar surface area (TPSA) is 61.4 Å². The lowest BCUT2D eigenvalue weighted by Crippen LogP contribution is -2.48. The number of nitrogens with zero attached hydrogens (tertiary/aromatic N) is 1. The number of thiophene rings is 1. The summed E-state index contributed by atoms with van der Waals surface area (Å²) in [6.45, 7) is 0.222. The molecular formula is C25H32F3N3O2S. The molecule has 1 saturated carbocycles. The highest BCUT2D eigenvalue weighted by molar-refractivity contribution is 7.10. The lowest BCUT2D eigenvalue weighted by atomic mass is 9.77. The van der Waals surface area contributed by atoms with Crippen LogP contribution < -0.4 is 10.6 Å². The number of carbonyl (C=O) groups is 2. The molecule has 0 aliphatic heterocycles. The maximum Gasteiger partial charge on any atom is 0.416 e. The van der Waals surface area contributed by atoms with Crippen molar-refractivity contribution in [1.29, 1.82) is 0 Å². The molecule has 1 heterocycles. The van der Waals surface area contributed by atoms with Gasteiger partial charge < -0.3 is 10.6 Å². The number of nitrogens with one attached hydrogen (secondary N) is 2. The van der Waals surface area contributed by atoms with Crippen LogP contribution in [0.1, 0.15) is 54.5 Å². The molecule has 0 atom stereocenters. The predicted octanol–water partition coefficient (Wildman–Crippen LogP) is 4.72. The molecule has 1 aromatic heterocycles. The zero-order chi connectivity index (χ0) is 24.8. The molecule has 1 aromatic carbocycles. The van der Waals surface area contributed by atoms with Crippen molar-refractivity contribution in [3.8, 4) is 0 Å². The van der Waals surface area contributed by atoms with Gasteiger partial charge >= 0.3 is 6.18 Å². The van der Waals surface area contributed by atoms with Crippen molar-refractivity contribution in [3.05, 3.63) is 57.8 Å². The summed E-state index contributed by atoms with van der Waals surface area (Å²) in [6, 6.07) is 9.42. The first-order valence-corrected chi connectivity index (χ1v) is 12.4. The van der Waals surface area contributed by atoms with E-state index in [1.54, 1.807) is 17.4 Å². The van der Waals surface area contributed by atoms with Gasteiger partial charge in [-0.25, -0.2) is 0 Å². The Hall–Kier alpha value is -2.39. The number of carbonyl (C=O) groups excluding carboxylic acids is 2. The Morgan fingerprint density at radius 2 is 1.79 bits per heavy atom. The molecule has 0 spiro atoms. The summed E-state index contributed by atoms with van der Waals surface area (Å²) in [5, 5.41) is 7.84. The van der Waals surface area contributed by atoms with E-state index in [2.05, 4.69) is 47.1 Å². The highest BCUT2D eigenvalue weighted by atomic mass is 32.1. The second kappa shape index (κ2) is 11.4. The number of hydrogen-bond donors (Lipinski definition) is 2. The molecule has 1 aliphatic rings. The zero-order valence-electron chi connectivity index (χ0n) is 19.6. The number of amides is 2. The van der Waals surface area contributed by atoms with Gasteiger partial charge in [0.2, 0.25) is 11.8 Å². The van der Waals surface area contributed by atoms with Crippen molar-refractivity contribution in [2.24, 2.45) is 0 Å². The van der Waals surface area contributed by atoms with Gasteiger partial charge in [-0.2, -0.15) is 13.2 Å². The molecule has 0 unspecified atom stereocenters. The third kappa shape index (κ3) is 6.82. The van der Waals surface area contributed by atoms with Gasteiger partial charge in [-0.1, -0.05) is 24.3 Å². The lowest BCUT2D eigenvalue weighted by Gasteiger charge is -2.44. The van der Waals surface area contributed by atoms with E-state index in [0.29, 0.717) is 12.0 Å². The van der Waals surface area contributed by atoms with Crippen LogP contribution in [0.4, 0.5) is 13.2 Å². The quantitative estimate of drug-likeness (QED) is 0.529. The van der Waals surface area contributed by atoms with Crippen LogP contribution in [0.15, 0.2) is 41.8 Å². The van der Waals surface area contributed by atoms with Crippen molar-refractivity contribution < 1.29 is 22.8 Å². The molecule has 1 aliphatic carbocycles. The maximum atomic E-state index is 12.8. The Kier molecular flexibility index (Phi) is 8.76. The minimum Gasteiger partial charge on any atom is -0.356 e. The molecule has 5 nitrogen and oxygen atoms in total. The molecule has 2 N–H and O–H groups in total. The average Bonchev–Trinajstić information content (AvgIpc) is 3.33. The molecule has 0 radical (unpaired) electrons. The van der Waals surface area contributed by atoms with Gasteiger partial charge in [0.05, 0.1) is 11.1 Å². The second-order valence-electron chi connectivity index (χ2n) is 9.04. The Labute approximate surface area is 202 Å². The minimum atomic E-state index is -4.39.